The van der Waals surface area contributed by atoms with Gasteiger partial charge in [-0.25, -0.2) is 9.37 Å². The van der Waals surface area contributed by atoms with Gasteiger partial charge < -0.3 is 15.2 Å². The predicted octanol–water partition coefficient (Wildman–Crippen LogP) is 2.98. The Kier molecular flexibility index (Phi) is 4.07. The highest BCUT2D eigenvalue weighted by molar-refractivity contribution is 5.81. The summed E-state index contributed by atoms with van der Waals surface area (Å²) >= 11 is 0. The highest BCUT2D eigenvalue weighted by Crippen LogP contribution is 2.35. The van der Waals surface area contributed by atoms with Crippen LogP contribution in [0.2, 0.25) is 0 Å². The molecule has 5 heteroatoms. The normalized spacial score (nSPS) is 22.0. The van der Waals surface area contributed by atoms with Crippen molar-refractivity contribution in [2.45, 2.75) is 37.5 Å². The lowest BCUT2D eigenvalue weighted by atomic mass is 9.88. The van der Waals surface area contributed by atoms with Gasteiger partial charge in [-0.15, -0.1) is 0 Å². The van der Waals surface area contributed by atoms with Gasteiger partial charge in [-0.1, -0.05) is 0 Å². The van der Waals surface area contributed by atoms with Crippen LogP contribution in [0.5, 0.6) is 0 Å². The summed E-state index contributed by atoms with van der Waals surface area (Å²) in [7, 11) is 2.17. The average Bonchev–Trinajstić information content (AvgIpc) is 3.00. The van der Waals surface area contributed by atoms with Gasteiger partial charge in [0.2, 0.25) is 0 Å². The molecule has 0 radical (unpaired) electrons. The number of nitrogens with one attached hydrogen (secondary N) is 2. The number of halogens is 1. The van der Waals surface area contributed by atoms with E-state index in [0.717, 1.165) is 68.5 Å². The molecule has 2 N–H and O–H groups in total. The monoisotopic (exact) mass is 316 g/mol. The van der Waals surface area contributed by atoms with Crippen molar-refractivity contribution in [1.29, 1.82) is 0 Å². The number of rotatable bonds is 2. The van der Waals surface area contributed by atoms with Gasteiger partial charge in [0.25, 0.3) is 0 Å². The molecule has 2 aromatic heterocycles. The van der Waals surface area contributed by atoms with Crippen LogP contribution < -0.4 is 5.32 Å². The fraction of sp³-hybridized carbons (Fsp3) is 0.611. The van der Waals surface area contributed by atoms with Gasteiger partial charge in [-0.05, 0) is 70.9 Å². The van der Waals surface area contributed by atoms with E-state index in [4.69, 9.17) is 0 Å². The zero-order valence-corrected chi connectivity index (χ0v) is 13.7. The summed E-state index contributed by atoms with van der Waals surface area (Å²) in [5, 5.41) is 4.37. The molecule has 4 heterocycles. The molecule has 0 spiro atoms. The van der Waals surface area contributed by atoms with Crippen molar-refractivity contribution < 1.29 is 4.39 Å². The van der Waals surface area contributed by atoms with Crippen LogP contribution in [0, 0.1) is 5.82 Å². The summed E-state index contributed by atoms with van der Waals surface area (Å²) in [6.07, 6.45) is 5.73. The molecular weight excluding hydrogens is 291 g/mol. The SMILES string of the molecule is CN1CCC(c2cc3c(C4CCNCC4)c(F)cnc3[nH]2)CC1. The number of hydrogen-bond donors (Lipinski definition) is 2. The number of pyridine rings is 1. The summed E-state index contributed by atoms with van der Waals surface area (Å²) < 4.78 is 14.5. The molecule has 124 valence electrons. The van der Waals surface area contributed by atoms with Crippen LogP contribution in [0.15, 0.2) is 12.3 Å². The molecule has 0 bridgehead atoms. The maximum atomic E-state index is 14.5. The molecule has 0 aromatic carbocycles. The highest BCUT2D eigenvalue weighted by Gasteiger charge is 2.25. The summed E-state index contributed by atoms with van der Waals surface area (Å²) in [4.78, 5) is 10.2. The fourth-order valence-electron chi connectivity index (χ4n) is 4.16. The first kappa shape index (κ1) is 15.1. The summed E-state index contributed by atoms with van der Waals surface area (Å²) in [5.41, 5.74) is 2.97. The standard InChI is InChI=1S/C18H25FN4/c1-23-8-4-12(5-9-23)16-10-14-17(13-2-6-20-7-3-13)15(19)11-21-18(14)22-16/h10-13,20H,2-9H2,1H3,(H,21,22). The fourth-order valence-corrected chi connectivity index (χ4v) is 4.16. The van der Waals surface area contributed by atoms with Gasteiger partial charge in [0.15, 0.2) is 0 Å². The van der Waals surface area contributed by atoms with Crippen molar-refractivity contribution in [3.05, 3.63) is 29.3 Å². The third-order valence-electron chi connectivity index (χ3n) is 5.58. The molecule has 2 aliphatic rings. The molecule has 4 nitrogen and oxygen atoms in total. The molecule has 0 aliphatic carbocycles. The van der Waals surface area contributed by atoms with Crippen LogP contribution in [-0.2, 0) is 0 Å². The lowest BCUT2D eigenvalue weighted by Crippen LogP contribution is -2.29. The molecule has 2 fully saturated rings. The Morgan fingerprint density at radius 2 is 1.87 bits per heavy atom. The number of H-pyrrole nitrogens is 1. The Morgan fingerprint density at radius 1 is 1.13 bits per heavy atom. The number of aromatic amines is 1. The Hall–Kier alpha value is -1.46. The minimum absolute atomic E-state index is 0.140. The predicted molar refractivity (Wildman–Crippen MR) is 90.4 cm³/mol. The minimum atomic E-state index is -0.140. The number of aromatic nitrogens is 2. The topological polar surface area (TPSA) is 44.0 Å². The van der Waals surface area contributed by atoms with Crippen LogP contribution in [0.3, 0.4) is 0 Å². The summed E-state index contributed by atoms with van der Waals surface area (Å²) in [6.45, 7) is 4.20. The molecule has 23 heavy (non-hydrogen) atoms. The van der Waals surface area contributed by atoms with E-state index in [9.17, 15) is 4.39 Å². The Bertz CT molecular complexity index is 682. The van der Waals surface area contributed by atoms with E-state index in [2.05, 4.69) is 33.3 Å². The Morgan fingerprint density at radius 3 is 2.61 bits per heavy atom. The van der Waals surface area contributed by atoms with E-state index in [1.54, 1.807) is 0 Å². The van der Waals surface area contributed by atoms with E-state index in [1.807, 2.05) is 0 Å². The molecule has 4 rings (SSSR count). The third kappa shape index (κ3) is 2.88. The second kappa shape index (κ2) is 6.21. The third-order valence-corrected chi connectivity index (χ3v) is 5.58. The van der Waals surface area contributed by atoms with Crippen molar-refractivity contribution >= 4 is 11.0 Å². The second-order valence-electron chi connectivity index (χ2n) is 7.11. The summed E-state index contributed by atoms with van der Waals surface area (Å²) in [5.74, 6) is 0.713. The first-order chi connectivity index (χ1) is 11.2. The van der Waals surface area contributed by atoms with Crippen LogP contribution in [0.4, 0.5) is 4.39 Å². The van der Waals surface area contributed by atoms with Crippen LogP contribution in [0.1, 0.15) is 48.8 Å². The lowest BCUT2D eigenvalue weighted by molar-refractivity contribution is 0.254. The Balaban J connectivity index is 1.70. The minimum Gasteiger partial charge on any atom is -0.343 e. The van der Waals surface area contributed by atoms with Crippen molar-refractivity contribution in [3.63, 3.8) is 0 Å². The zero-order chi connectivity index (χ0) is 15.8. The maximum Gasteiger partial charge on any atom is 0.145 e. The van der Waals surface area contributed by atoms with Gasteiger partial charge in [0.1, 0.15) is 11.5 Å². The van der Waals surface area contributed by atoms with Crippen molar-refractivity contribution in [2.24, 2.45) is 0 Å². The first-order valence-corrected chi connectivity index (χ1v) is 8.78. The molecule has 2 aromatic rings. The first-order valence-electron chi connectivity index (χ1n) is 8.78. The molecular formula is C18H25FN4. The molecule has 0 saturated carbocycles. The van der Waals surface area contributed by atoms with Gasteiger partial charge >= 0.3 is 0 Å². The van der Waals surface area contributed by atoms with Crippen molar-refractivity contribution in [3.8, 4) is 0 Å². The van der Waals surface area contributed by atoms with Crippen molar-refractivity contribution in [1.82, 2.24) is 20.2 Å². The number of hydrogen-bond acceptors (Lipinski definition) is 3. The van der Waals surface area contributed by atoms with Crippen molar-refractivity contribution in [2.75, 3.05) is 33.2 Å². The molecule has 2 saturated heterocycles. The molecule has 2 aliphatic heterocycles. The number of nitrogens with zero attached hydrogens (tertiary/aromatic N) is 2. The lowest BCUT2D eigenvalue weighted by Gasteiger charge is -2.28. The van der Waals surface area contributed by atoms with Gasteiger partial charge in [0, 0.05) is 22.6 Å². The van der Waals surface area contributed by atoms with E-state index in [-0.39, 0.29) is 5.82 Å². The average molecular weight is 316 g/mol. The van der Waals surface area contributed by atoms with E-state index >= 15 is 0 Å². The Labute approximate surface area is 136 Å². The molecule has 0 atom stereocenters. The molecule has 0 amide bonds. The maximum absolute atomic E-state index is 14.5. The van der Waals surface area contributed by atoms with Crippen LogP contribution in [-0.4, -0.2) is 48.1 Å². The van der Waals surface area contributed by atoms with Crippen LogP contribution >= 0.6 is 0 Å². The zero-order valence-electron chi connectivity index (χ0n) is 13.7. The van der Waals surface area contributed by atoms with E-state index in [0.29, 0.717) is 11.8 Å². The number of likely N-dealkylation sites (tertiary alicyclic amines) is 1. The molecule has 0 unspecified atom stereocenters. The van der Waals surface area contributed by atoms with Gasteiger partial charge in [-0.3, -0.25) is 0 Å². The van der Waals surface area contributed by atoms with Gasteiger partial charge in [0.05, 0.1) is 6.20 Å². The van der Waals surface area contributed by atoms with E-state index < -0.39 is 0 Å². The summed E-state index contributed by atoms with van der Waals surface area (Å²) in [6, 6.07) is 2.18. The highest BCUT2D eigenvalue weighted by atomic mass is 19.1. The van der Waals surface area contributed by atoms with E-state index in [1.165, 1.54) is 11.9 Å². The smallest absolute Gasteiger partial charge is 0.145 e. The number of piperidine rings is 2. The largest absolute Gasteiger partial charge is 0.343 e. The number of fused-ring (bicyclic) bond motifs is 1. The van der Waals surface area contributed by atoms with Gasteiger partial charge in [-0.2, -0.15) is 0 Å². The second-order valence-corrected chi connectivity index (χ2v) is 7.11. The quantitative estimate of drug-likeness (QED) is 0.895. The van der Waals surface area contributed by atoms with Crippen LogP contribution in [0.25, 0.3) is 11.0 Å².